The smallest absolute Gasteiger partial charge is 0.128 e. The van der Waals surface area contributed by atoms with Gasteiger partial charge >= 0.3 is 0 Å². The Hall–Kier alpha value is -6.58. The standard InChI is InChI=1S/C59H58N2O/c1-57(2,3)49-33-45(34-50(38-49)58(4,5)6)46-36-54(61-55(37-46)51-21-16-22-52(56(51)62)59(7,8)9)48-31-44(41-19-14-11-15-20-41)30-47(32-48)53-35-43(27-28-60-53)42-25-23-40(24-26-42)29-39-17-12-10-13-18-39/h10-28,30-38,62H,29H2,1-9H3. The molecule has 0 saturated heterocycles. The fourth-order valence-corrected chi connectivity index (χ4v) is 8.13. The lowest BCUT2D eigenvalue weighted by Crippen LogP contribution is -2.16. The Bertz CT molecular complexity index is 2820. The Balaban J connectivity index is 1.31. The molecule has 0 radical (unpaired) electrons. The molecule has 1 N–H and O–H groups in total. The van der Waals surface area contributed by atoms with Crippen LogP contribution in [0.3, 0.4) is 0 Å². The van der Waals surface area contributed by atoms with E-state index in [0.717, 1.165) is 73.6 Å². The summed E-state index contributed by atoms with van der Waals surface area (Å²) in [5.41, 5.74) is 17.4. The molecule has 8 rings (SSSR count). The predicted molar refractivity (Wildman–Crippen MR) is 262 cm³/mol. The van der Waals surface area contributed by atoms with Crippen LogP contribution in [0.15, 0.2) is 170 Å². The molecular formula is C59H58N2O. The molecule has 0 bridgehead atoms. The molecule has 0 amide bonds. The van der Waals surface area contributed by atoms with E-state index >= 15 is 0 Å². The van der Waals surface area contributed by atoms with Crippen LogP contribution in [0.2, 0.25) is 0 Å². The van der Waals surface area contributed by atoms with Gasteiger partial charge in [-0.05, 0) is 132 Å². The second kappa shape index (κ2) is 16.7. The molecule has 2 heterocycles. The molecule has 6 aromatic carbocycles. The van der Waals surface area contributed by atoms with Crippen LogP contribution in [-0.4, -0.2) is 15.1 Å². The summed E-state index contributed by atoms with van der Waals surface area (Å²) in [5, 5.41) is 11.9. The summed E-state index contributed by atoms with van der Waals surface area (Å²) in [6.07, 6.45) is 2.81. The maximum atomic E-state index is 11.9. The van der Waals surface area contributed by atoms with Gasteiger partial charge in [0.25, 0.3) is 0 Å². The highest BCUT2D eigenvalue weighted by Gasteiger charge is 2.24. The van der Waals surface area contributed by atoms with Crippen molar-refractivity contribution in [2.45, 2.75) is 85.0 Å². The van der Waals surface area contributed by atoms with E-state index in [1.807, 2.05) is 24.4 Å². The summed E-state index contributed by atoms with van der Waals surface area (Å²) in [6, 6.07) is 58.4. The summed E-state index contributed by atoms with van der Waals surface area (Å²) in [6.45, 7) is 20.1. The van der Waals surface area contributed by atoms with Gasteiger partial charge in [0.1, 0.15) is 5.75 Å². The highest BCUT2D eigenvalue weighted by atomic mass is 16.3. The van der Waals surface area contributed by atoms with E-state index in [-0.39, 0.29) is 22.0 Å². The molecule has 0 aliphatic heterocycles. The summed E-state index contributed by atoms with van der Waals surface area (Å²) in [4.78, 5) is 10.4. The minimum atomic E-state index is -0.256. The third kappa shape index (κ3) is 9.33. The molecular weight excluding hydrogens is 753 g/mol. The van der Waals surface area contributed by atoms with Gasteiger partial charge in [-0.2, -0.15) is 0 Å². The van der Waals surface area contributed by atoms with Crippen molar-refractivity contribution < 1.29 is 5.11 Å². The van der Waals surface area contributed by atoms with Crippen LogP contribution in [0, 0.1) is 0 Å². The zero-order valence-corrected chi connectivity index (χ0v) is 37.7. The van der Waals surface area contributed by atoms with Gasteiger partial charge in [0.15, 0.2) is 0 Å². The number of benzene rings is 6. The highest BCUT2D eigenvalue weighted by molar-refractivity contribution is 5.84. The number of pyridine rings is 2. The maximum Gasteiger partial charge on any atom is 0.128 e. The van der Waals surface area contributed by atoms with Gasteiger partial charge < -0.3 is 5.11 Å². The number of hydrogen-bond acceptors (Lipinski definition) is 3. The first-order valence-corrected chi connectivity index (χ1v) is 21.8. The molecule has 0 spiro atoms. The molecule has 310 valence electrons. The van der Waals surface area contributed by atoms with E-state index in [9.17, 15) is 5.11 Å². The number of phenolic OH excluding ortho intramolecular Hbond substituents is 1. The van der Waals surface area contributed by atoms with Crippen molar-refractivity contribution in [3.05, 3.63) is 198 Å². The van der Waals surface area contributed by atoms with Crippen LogP contribution in [0.25, 0.3) is 67.2 Å². The van der Waals surface area contributed by atoms with E-state index in [4.69, 9.17) is 9.97 Å². The first kappa shape index (κ1) is 42.1. The van der Waals surface area contributed by atoms with Crippen molar-refractivity contribution in [3.8, 4) is 72.9 Å². The fourth-order valence-electron chi connectivity index (χ4n) is 8.13. The summed E-state index contributed by atoms with van der Waals surface area (Å²) in [7, 11) is 0. The molecule has 2 aromatic heterocycles. The van der Waals surface area contributed by atoms with Gasteiger partial charge in [-0.1, -0.05) is 178 Å². The van der Waals surface area contributed by atoms with Gasteiger partial charge in [-0.3, -0.25) is 4.98 Å². The van der Waals surface area contributed by atoms with Gasteiger partial charge in [0, 0.05) is 22.9 Å². The molecule has 3 nitrogen and oxygen atoms in total. The Morgan fingerprint density at radius 2 is 0.903 bits per heavy atom. The third-order valence-corrected chi connectivity index (χ3v) is 11.9. The fraction of sp³-hybridized carbons (Fsp3) is 0.220. The largest absolute Gasteiger partial charge is 0.507 e. The molecule has 0 saturated carbocycles. The number of para-hydroxylation sites is 1. The molecule has 0 fully saturated rings. The molecule has 0 unspecified atom stereocenters. The highest BCUT2D eigenvalue weighted by Crippen LogP contribution is 2.42. The van der Waals surface area contributed by atoms with Gasteiger partial charge in [-0.25, -0.2) is 4.98 Å². The monoisotopic (exact) mass is 810 g/mol. The molecule has 62 heavy (non-hydrogen) atoms. The van der Waals surface area contributed by atoms with E-state index in [0.29, 0.717) is 5.56 Å². The molecule has 0 aliphatic rings. The van der Waals surface area contributed by atoms with Crippen molar-refractivity contribution in [3.63, 3.8) is 0 Å². The van der Waals surface area contributed by atoms with Crippen molar-refractivity contribution in [2.24, 2.45) is 0 Å². The van der Waals surface area contributed by atoms with Crippen LogP contribution in [-0.2, 0) is 22.7 Å². The number of aromatic hydroxyl groups is 1. The molecule has 0 aliphatic carbocycles. The van der Waals surface area contributed by atoms with Gasteiger partial charge in [0.2, 0.25) is 0 Å². The molecule has 3 heteroatoms. The number of hydrogen-bond donors (Lipinski definition) is 1. The van der Waals surface area contributed by atoms with Gasteiger partial charge in [0.05, 0.1) is 17.1 Å². The number of aromatic nitrogens is 2. The SMILES string of the molecule is CC(C)(C)c1cc(-c2cc(-c3cc(-c4ccccc4)cc(-c4cc(-c5ccc(Cc6ccccc6)cc5)ccn4)c3)nc(-c3cccc(C(C)(C)C)c3O)c2)cc(C(C)(C)C)c1. The predicted octanol–water partition coefficient (Wildman–Crippen LogP) is 15.7. The Morgan fingerprint density at radius 1 is 0.387 bits per heavy atom. The minimum Gasteiger partial charge on any atom is -0.507 e. The first-order chi connectivity index (χ1) is 29.5. The van der Waals surface area contributed by atoms with Crippen molar-refractivity contribution >= 4 is 0 Å². The number of rotatable bonds is 8. The second-order valence-corrected chi connectivity index (χ2v) is 19.8. The summed E-state index contributed by atoms with van der Waals surface area (Å²) in [5.74, 6) is 0.266. The lowest BCUT2D eigenvalue weighted by molar-refractivity contribution is 0.448. The first-order valence-electron chi connectivity index (χ1n) is 21.8. The van der Waals surface area contributed by atoms with Crippen LogP contribution >= 0.6 is 0 Å². The lowest BCUT2D eigenvalue weighted by atomic mass is 9.79. The van der Waals surface area contributed by atoms with Gasteiger partial charge in [-0.15, -0.1) is 0 Å². The molecule has 0 atom stereocenters. The maximum absolute atomic E-state index is 11.9. The van der Waals surface area contributed by atoms with E-state index in [2.05, 4.69) is 208 Å². The topological polar surface area (TPSA) is 46.0 Å². The average Bonchev–Trinajstić information content (AvgIpc) is 3.26. The van der Waals surface area contributed by atoms with Crippen molar-refractivity contribution in [1.82, 2.24) is 9.97 Å². The van der Waals surface area contributed by atoms with Crippen LogP contribution in [0.5, 0.6) is 5.75 Å². The normalized spacial score (nSPS) is 12.1. The Morgan fingerprint density at radius 3 is 1.53 bits per heavy atom. The van der Waals surface area contributed by atoms with Crippen molar-refractivity contribution in [2.75, 3.05) is 0 Å². The van der Waals surface area contributed by atoms with Crippen LogP contribution in [0.1, 0.15) is 90.1 Å². The lowest BCUT2D eigenvalue weighted by Gasteiger charge is -2.26. The number of nitrogens with zero attached hydrogens (tertiary/aromatic N) is 2. The zero-order chi connectivity index (χ0) is 43.8. The average molecular weight is 811 g/mol. The summed E-state index contributed by atoms with van der Waals surface area (Å²) < 4.78 is 0. The zero-order valence-electron chi connectivity index (χ0n) is 37.7. The van der Waals surface area contributed by atoms with E-state index in [1.54, 1.807) is 0 Å². The Kier molecular flexibility index (Phi) is 11.3. The minimum absolute atomic E-state index is 0.0569. The Labute approximate surface area is 369 Å². The summed E-state index contributed by atoms with van der Waals surface area (Å²) >= 11 is 0. The van der Waals surface area contributed by atoms with E-state index in [1.165, 1.54) is 22.3 Å². The quantitative estimate of drug-likeness (QED) is 0.166. The second-order valence-electron chi connectivity index (χ2n) is 19.8. The van der Waals surface area contributed by atoms with Crippen molar-refractivity contribution in [1.29, 1.82) is 0 Å². The van der Waals surface area contributed by atoms with Crippen LogP contribution in [0.4, 0.5) is 0 Å². The molecule has 8 aromatic rings. The van der Waals surface area contributed by atoms with E-state index < -0.39 is 0 Å². The third-order valence-electron chi connectivity index (χ3n) is 11.9. The van der Waals surface area contributed by atoms with Crippen LogP contribution < -0.4 is 0 Å². The number of phenols is 1.